The van der Waals surface area contributed by atoms with Crippen molar-refractivity contribution in [3.8, 4) is 6.07 Å². The molecule has 5 heteroatoms. The summed E-state index contributed by atoms with van der Waals surface area (Å²) in [4.78, 5) is 20.0. The average molecular weight is 416 g/mol. The van der Waals surface area contributed by atoms with Gasteiger partial charge in [-0.15, -0.1) is 0 Å². The maximum Gasteiger partial charge on any atom is 0.254 e. The van der Waals surface area contributed by atoms with E-state index in [9.17, 15) is 4.79 Å². The first-order chi connectivity index (χ1) is 14.6. The molecule has 2 aromatic carbocycles. The Hall–Kier alpha value is -3.16. The maximum atomic E-state index is 13.4. The number of amides is 1. The number of carbonyl (C=O) groups is 1. The highest BCUT2D eigenvalue weighted by atomic mass is 35.5. The predicted octanol–water partition coefficient (Wildman–Crippen LogP) is 5.75. The van der Waals surface area contributed by atoms with E-state index >= 15 is 0 Å². The van der Waals surface area contributed by atoms with Gasteiger partial charge in [-0.05, 0) is 54.2 Å². The fourth-order valence-corrected chi connectivity index (χ4v) is 4.20. The van der Waals surface area contributed by atoms with Crippen LogP contribution in [0, 0.1) is 11.3 Å². The smallest absolute Gasteiger partial charge is 0.254 e. The molecular weight excluding hydrogens is 394 g/mol. The van der Waals surface area contributed by atoms with Gasteiger partial charge in [-0.3, -0.25) is 4.79 Å². The molecular formula is C25H22ClN3O. The van der Waals surface area contributed by atoms with Crippen LogP contribution in [0.3, 0.4) is 0 Å². The van der Waals surface area contributed by atoms with Gasteiger partial charge in [-0.2, -0.15) is 5.26 Å². The fourth-order valence-electron chi connectivity index (χ4n) is 4.01. The zero-order chi connectivity index (χ0) is 21.1. The number of halogens is 1. The van der Waals surface area contributed by atoms with Gasteiger partial charge in [0.1, 0.15) is 0 Å². The zero-order valence-corrected chi connectivity index (χ0v) is 17.6. The van der Waals surface area contributed by atoms with Gasteiger partial charge in [0, 0.05) is 24.0 Å². The molecule has 1 aliphatic rings. The molecule has 1 heterocycles. The van der Waals surface area contributed by atoms with Gasteiger partial charge in [0.05, 0.1) is 29.3 Å². The summed E-state index contributed by atoms with van der Waals surface area (Å²) in [6.07, 6.45) is 5.05. The van der Waals surface area contributed by atoms with Crippen LogP contribution in [0.15, 0.2) is 48.5 Å². The Morgan fingerprint density at radius 1 is 1.20 bits per heavy atom. The van der Waals surface area contributed by atoms with Crippen LogP contribution < -0.4 is 0 Å². The summed E-state index contributed by atoms with van der Waals surface area (Å²) in [7, 11) is 1.75. The van der Waals surface area contributed by atoms with Crippen molar-refractivity contribution >= 4 is 40.1 Å². The number of aromatic nitrogens is 1. The molecule has 3 aromatic rings. The number of rotatable bonds is 4. The van der Waals surface area contributed by atoms with E-state index in [1.807, 2.05) is 48.5 Å². The first kappa shape index (κ1) is 20.1. The van der Waals surface area contributed by atoms with Crippen molar-refractivity contribution in [3.63, 3.8) is 0 Å². The summed E-state index contributed by atoms with van der Waals surface area (Å²) in [6, 6.07) is 17.7. The van der Waals surface area contributed by atoms with Crippen molar-refractivity contribution in [1.82, 2.24) is 9.88 Å². The number of nitrogens with zero attached hydrogens (tertiary/aromatic N) is 3. The van der Waals surface area contributed by atoms with Gasteiger partial charge in [-0.1, -0.05) is 48.0 Å². The number of hydrogen-bond donors (Lipinski definition) is 0. The minimum atomic E-state index is -0.0564. The number of pyridine rings is 1. The molecule has 0 saturated heterocycles. The monoisotopic (exact) mass is 415 g/mol. The molecule has 0 saturated carbocycles. The van der Waals surface area contributed by atoms with Crippen LogP contribution >= 0.6 is 11.6 Å². The van der Waals surface area contributed by atoms with E-state index in [0.717, 1.165) is 52.6 Å². The number of benzene rings is 2. The molecule has 0 aliphatic heterocycles. The summed E-state index contributed by atoms with van der Waals surface area (Å²) in [5.41, 5.74) is 5.45. The molecule has 0 atom stereocenters. The molecule has 0 radical (unpaired) electrons. The van der Waals surface area contributed by atoms with E-state index in [-0.39, 0.29) is 5.91 Å². The molecule has 4 rings (SSSR count). The Bertz CT molecular complexity index is 1190. The SMILES string of the molecule is CN(CCC#N)C(=O)c1c2c(nc3ccccc13)/C(=C\c1ccccc1Cl)CCC2. The van der Waals surface area contributed by atoms with Crippen LogP contribution in [0.2, 0.25) is 5.02 Å². The molecule has 1 aromatic heterocycles. The van der Waals surface area contributed by atoms with Crippen LogP contribution in [0.5, 0.6) is 0 Å². The Labute approximate surface area is 181 Å². The van der Waals surface area contributed by atoms with E-state index < -0.39 is 0 Å². The summed E-state index contributed by atoms with van der Waals surface area (Å²) < 4.78 is 0. The van der Waals surface area contributed by atoms with Crippen LogP contribution in [-0.4, -0.2) is 29.4 Å². The first-order valence-electron chi connectivity index (χ1n) is 10.1. The Balaban J connectivity index is 1.90. The number of nitriles is 1. The van der Waals surface area contributed by atoms with E-state index in [2.05, 4.69) is 12.1 Å². The minimum Gasteiger partial charge on any atom is -0.341 e. The maximum absolute atomic E-state index is 13.4. The van der Waals surface area contributed by atoms with Crippen molar-refractivity contribution in [1.29, 1.82) is 5.26 Å². The Morgan fingerprint density at radius 2 is 1.97 bits per heavy atom. The number of fused-ring (bicyclic) bond motifs is 2. The number of allylic oxidation sites excluding steroid dienone is 1. The third-order valence-electron chi connectivity index (χ3n) is 5.52. The van der Waals surface area contributed by atoms with Crippen molar-refractivity contribution in [3.05, 3.63) is 75.9 Å². The van der Waals surface area contributed by atoms with Gasteiger partial charge in [0.2, 0.25) is 0 Å². The second kappa shape index (κ2) is 8.69. The van der Waals surface area contributed by atoms with Gasteiger partial charge in [0.15, 0.2) is 0 Å². The number of carbonyl (C=O) groups excluding carboxylic acids is 1. The largest absolute Gasteiger partial charge is 0.341 e. The van der Waals surface area contributed by atoms with Crippen molar-refractivity contribution in [2.24, 2.45) is 0 Å². The lowest BCUT2D eigenvalue weighted by molar-refractivity contribution is 0.0798. The lowest BCUT2D eigenvalue weighted by Gasteiger charge is -2.25. The lowest BCUT2D eigenvalue weighted by atomic mass is 9.85. The molecule has 1 aliphatic carbocycles. The van der Waals surface area contributed by atoms with E-state index in [0.29, 0.717) is 23.6 Å². The molecule has 4 nitrogen and oxygen atoms in total. The zero-order valence-electron chi connectivity index (χ0n) is 16.9. The van der Waals surface area contributed by atoms with Crippen LogP contribution in [0.1, 0.15) is 46.4 Å². The normalized spacial score (nSPS) is 14.4. The topological polar surface area (TPSA) is 57.0 Å². The highest BCUT2D eigenvalue weighted by molar-refractivity contribution is 6.32. The molecule has 150 valence electrons. The summed E-state index contributed by atoms with van der Waals surface area (Å²) >= 11 is 6.39. The van der Waals surface area contributed by atoms with E-state index in [1.165, 1.54) is 0 Å². The third kappa shape index (κ3) is 3.81. The Morgan fingerprint density at radius 3 is 2.77 bits per heavy atom. The highest BCUT2D eigenvalue weighted by Gasteiger charge is 2.26. The predicted molar refractivity (Wildman–Crippen MR) is 121 cm³/mol. The summed E-state index contributed by atoms with van der Waals surface area (Å²) in [5.74, 6) is -0.0564. The van der Waals surface area contributed by atoms with Crippen molar-refractivity contribution in [2.75, 3.05) is 13.6 Å². The molecule has 0 bridgehead atoms. The van der Waals surface area contributed by atoms with Crippen LogP contribution in [-0.2, 0) is 6.42 Å². The van der Waals surface area contributed by atoms with E-state index in [4.69, 9.17) is 21.8 Å². The third-order valence-corrected chi connectivity index (χ3v) is 5.87. The average Bonchev–Trinajstić information content (AvgIpc) is 2.77. The van der Waals surface area contributed by atoms with Gasteiger partial charge in [-0.25, -0.2) is 4.98 Å². The molecule has 0 unspecified atom stereocenters. The quantitative estimate of drug-likeness (QED) is 0.545. The molecule has 0 fully saturated rings. The van der Waals surface area contributed by atoms with E-state index in [1.54, 1.807) is 11.9 Å². The fraction of sp³-hybridized carbons (Fsp3) is 0.240. The van der Waals surface area contributed by atoms with Gasteiger partial charge >= 0.3 is 0 Å². The van der Waals surface area contributed by atoms with Crippen molar-refractivity contribution in [2.45, 2.75) is 25.7 Å². The molecule has 0 N–H and O–H groups in total. The standard InChI is InChI=1S/C25H22ClN3O/c1-29(15-7-14-27)25(30)23-19-10-3-5-13-22(19)28-24-18(9-6-11-20(23)24)16-17-8-2-4-12-21(17)26/h2-5,8,10,12-13,16H,6-7,9,11,15H2,1H3/b18-16-. The summed E-state index contributed by atoms with van der Waals surface area (Å²) in [5, 5.41) is 10.5. The lowest BCUT2D eigenvalue weighted by Crippen LogP contribution is -2.29. The number of hydrogen-bond acceptors (Lipinski definition) is 3. The molecule has 30 heavy (non-hydrogen) atoms. The highest BCUT2D eigenvalue weighted by Crippen LogP contribution is 2.37. The molecule has 1 amide bonds. The van der Waals surface area contributed by atoms with Crippen LogP contribution in [0.4, 0.5) is 0 Å². The second-order valence-electron chi connectivity index (χ2n) is 7.51. The minimum absolute atomic E-state index is 0.0564. The van der Waals surface area contributed by atoms with Gasteiger partial charge < -0.3 is 4.90 Å². The molecule has 0 spiro atoms. The second-order valence-corrected chi connectivity index (χ2v) is 7.92. The summed E-state index contributed by atoms with van der Waals surface area (Å²) in [6.45, 7) is 0.406. The first-order valence-corrected chi connectivity index (χ1v) is 10.5. The number of para-hydroxylation sites is 1. The van der Waals surface area contributed by atoms with Gasteiger partial charge in [0.25, 0.3) is 5.91 Å². The van der Waals surface area contributed by atoms with Crippen molar-refractivity contribution < 1.29 is 4.79 Å². The Kier molecular flexibility index (Phi) is 5.83. The van der Waals surface area contributed by atoms with Crippen LogP contribution in [0.25, 0.3) is 22.6 Å².